The molecule has 98 valence electrons. The van der Waals surface area contributed by atoms with Crippen molar-refractivity contribution in [2.45, 2.75) is 13.8 Å². The SMILES string of the molecule is Cc1ccc(C(=O)Nc2cccc(F)c2C)c(N)c1. The second kappa shape index (κ2) is 5.10. The summed E-state index contributed by atoms with van der Waals surface area (Å²) >= 11 is 0. The molecule has 0 aromatic heterocycles. The summed E-state index contributed by atoms with van der Waals surface area (Å²) in [4.78, 5) is 12.1. The van der Waals surface area contributed by atoms with Crippen LogP contribution in [0.2, 0.25) is 0 Å². The molecule has 2 rings (SSSR count). The fourth-order valence-electron chi connectivity index (χ4n) is 1.82. The Morgan fingerprint density at radius 3 is 2.63 bits per heavy atom. The lowest BCUT2D eigenvalue weighted by atomic mass is 10.1. The Morgan fingerprint density at radius 2 is 1.95 bits per heavy atom. The number of hydrogen-bond acceptors (Lipinski definition) is 2. The van der Waals surface area contributed by atoms with Crippen LogP contribution in [0.4, 0.5) is 15.8 Å². The Labute approximate surface area is 111 Å². The zero-order chi connectivity index (χ0) is 14.0. The molecule has 19 heavy (non-hydrogen) atoms. The molecule has 0 fully saturated rings. The number of carbonyl (C=O) groups excluding carboxylic acids is 1. The van der Waals surface area contributed by atoms with Gasteiger partial charge in [-0.25, -0.2) is 4.39 Å². The minimum absolute atomic E-state index is 0.341. The molecule has 1 amide bonds. The fourth-order valence-corrected chi connectivity index (χ4v) is 1.82. The maximum atomic E-state index is 13.4. The normalized spacial score (nSPS) is 10.3. The molecule has 0 bridgehead atoms. The van der Waals surface area contributed by atoms with Crippen LogP contribution in [-0.2, 0) is 0 Å². The van der Waals surface area contributed by atoms with Crippen molar-refractivity contribution >= 4 is 17.3 Å². The summed E-state index contributed by atoms with van der Waals surface area (Å²) in [6, 6.07) is 9.76. The lowest BCUT2D eigenvalue weighted by Crippen LogP contribution is -2.15. The van der Waals surface area contributed by atoms with Crippen LogP contribution in [-0.4, -0.2) is 5.91 Å². The summed E-state index contributed by atoms with van der Waals surface area (Å²) in [5, 5.41) is 2.67. The van der Waals surface area contributed by atoms with E-state index in [1.54, 1.807) is 31.2 Å². The molecule has 4 heteroatoms. The van der Waals surface area contributed by atoms with Crippen LogP contribution >= 0.6 is 0 Å². The molecule has 0 aliphatic carbocycles. The minimum Gasteiger partial charge on any atom is -0.398 e. The Balaban J connectivity index is 2.28. The number of nitrogens with two attached hydrogens (primary N) is 1. The number of nitrogens with one attached hydrogen (secondary N) is 1. The Kier molecular flexibility index (Phi) is 3.51. The number of benzene rings is 2. The monoisotopic (exact) mass is 258 g/mol. The predicted octanol–water partition coefficient (Wildman–Crippen LogP) is 3.28. The van der Waals surface area contributed by atoms with Gasteiger partial charge in [0.1, 0.15) is 5.82 Å². The van der Waals surface area contributed by atoms with Gasteiger partial charge in [-0.05, 0) is 43.7 Å². The maximum absolute atomic E-state index is 13.4. The molecule has 2 aromatic carbocycles. The Hall–Kier alpha value is -2.36. The van der Waals surface area contributed by atoms with Gasteiger partial charge in [0.2, 0.25) is 0 Å². The van der Waals surface area contributed by atoms with Gasteiger partial charge in [0.25, 0.3) is 5.91 Å². The molecule has 0 spiro atoms. The van der Waals surface area contributed by atoms with Crippen LogP contribution in [0, 0.1) is 19.7 Å². The smallest absolute Gasteiger partial charge is 0.257 e. The lowest BCUT2D eigenvalue weighted by Gasteiger charge is -2.10. The predicted molar refractivity (Wildman–Crippen MR) is 74.7 cm³/mol. The molecule has 0 unspecified atom stereocenters. The Bertz CT molecular complexity index is 638. The Morgan fingerprint density at radius 1 is 1.21 bits per heavy atom. The molecule has 0 heterocycles. The van der Waals surface area contributed by atoms with E-state index < -0.39 is 0 Å². The third kappa shape index (κ3) is 2.73. The molecule has 0 aliphatic rings. The summed E-state index contributed by atoms with van der Waals surface area (Å²) in [5.41, 5.74) is 8.44. The zero-order valence-corrected chi connectivity index (χ0v) is 10.8. The van der Waals surface area contributed by atoms with Gasteiger partial charge in [-0.15, -0.1) is 0 Å². The molecule has 0 saturated heterocycles. The van der Waals surface area contributed by atoms with Crippen molar-refractivity contribution in [3.8, 4) is 0 Å². The van der Waals surface area contributed by atoms with E-state index >= 15 is 0 Å². The standard InChI is InChI=1S/C15H15FN2O/c1-9-6-7-11(13(17)8-9)15(19)18-14-5-3-4-12(16)10(14)2/h3-8H,17H2,1-2H3,(H,18,19). The number of aryl methyl sites for hydroxylation is 1. The molecular formula is C15H15FN2O. The highest BCUT2D eigenvalue weighted by atomic mass is 19.1. The zero-order valence-electron chi connectivity index (χ0n) is 10.8. The number of carbonyl (C=O) groups is 1. The number of amides is 1. The van der Waals surface area contributed by atoms with E-state index in [0.29, 0.717) is 22.5 Å². The molecular weight excluding hydrogens is 243 g/mol. The summed E-state index contributed by atoms with van der Waals surface area (Å²) < 4.78 is 13.4. The van der Waals surface area contributed by atoms with E-state index in [2.05, 4.69) is 5.32 Å². The third-order valence-corrected chi connectivity index (χ3v) is 2.97. The van der Waals surface area contributed by atoms with Crippen molar-refractivity contribution in [2.75, 3.05) is 11.1 Å². The van der Waals surface area contributed by atoms with E-state index in [0.717, 1.165) is 5.56 Å². The molecule has 0 atom stereocenters. The molecule has 0 aliphatic heterocycles. The summed E-state index contributed by atoms with van der Waals surface area (Å²) in [7, 11) is 0. The number of anilines is 2. The first-order valence-corrected chi connectivity index (χ1v) is 5.91. The second-order valence-electron chi connectivity index (χ2n) is 4.46. The highest BCUT2D eigenvalue weighted by Crippen LogP contribution is 2.20. The van der Waals surface area contributed by atoms with Gasteiger partial charge in [0, 0.05) is 16.9 Å². The van der Waals surface area contributed by atoms with Gasteiger partial charge in [-0.1, -0.05) is 12.1 Å². The van der Waals surface area contributed by atoms with Crippen LogP contribution in [0.3, 0.4) is 0 Å². The summed E-state index contributed by atoms with van der Waals surface area (Å²) in [5.74, 6) is -0.694. The first-order chi connectivity index (χ1) is 8.99. The van der Waals surface area contributed by atoms with E-state index in [9.17, 15) is 9.18 Å². The second-order valence-corrected chi connectivity index (χ2v) is 4.46. The first kappa shape index (κ1) is 13.1. The average molecular weight is 258 g/mol. The van der Waals surface area contributed by atoms with Crippen molar-refractivity contribution < 1.29 is 9.18 Å². The largest absolute Gasteiger partial charge is 0.398 e. The summed E-state index contributed by atoms with van der Waals surface area (Å²) in [6.07, 6.45) is 0. The van der Waals surface area contributed by atoms with Crippen molar-refractivity contribution in [1.29, 1.82) is 0 Å². The lowest BCUT2D eigenvalue weighted by molar-refractivity contribution is 0.102. The summed E-state index contributed by atoms with van der Waals surface area (Å²) in [6.45, 7) is 3.51. The molecule has 0 radical (unpaired) electrons. The van der Waals surface area contributed by atoms with Crippen LogP contribution in [0.5, 0.6) is 0 Å². The van der Waals surface area contributed by atoms with Gasteiger partial charge in [0.15, 0.2) is 0 Å². The van der Waals surface area contributed by atoms with E-state index in [1.165, 1.54) is 6.07 Å². The highest BCUT2D eigenvalue weighted by Gasteiger charge is 2.12. The van der Waals surface area contributed by atoms with Crippen molar-refractivity contribution in [2.24, 2.45) is 0 Å². The quantitative estimate of drug-likeness (QED) is 0.812. The van der Waals surface area contributed by atoms with Gasteiger partial charge in [-0.3, -0.25) is 4.79 Å². The van der Waals surface area contributed by atoms with E-state index in [-0.39, 0.29) is 11.7 Å². The van der Waals surface area contributed by atoms with Crippen LogP contribution in [0.15, 0.2) is 36.4 Å². The van der Waals surface area contributed by atoms with Crippen LogP contribution in [0.25, 0.3) is 0 Å². The van der Waals surface area contributed by atoms with Gasteiger partial charge in [-0.2, -0.15) is 0 Å². The van der Waals surface area contributed by atoms with E-state index in [1.807, 2.05) is 13.0 Å². The molecule has 3 nitrogen and oxygen atoms in total. The maximum Gasteiger partial charge on any atom is 0.257 e. The third-order valence-electron chi connectivity index (χ3n) is 2.97. The minimum atomic E-state index is -0.352. The van der Waals surface area contributed by atoms with Crippen LogP contribution in [0.1, 0.15) is 21.5 Å². The van der Waals surface area contributed by atoms with Gasteiger partial charge >= 0.3 is 0 Å². The molecule has 0 saturated carbocycles. The number of rotatable bonds is 2. The first-order valence-electron chi connectivity index (χ1n) is 5.91. The van der Waals surface area contributed by atoms with Crippen molar-refractivity contribution in [3.63, 3.8) is 0 Å². The highest BCUT2D eigenvalue weighted by molar-refractivity contribution is 6.08. The average Bonchev–Trinajstić information content (AvgIpc) is 2.34. The number of halogens is 1. The van der Waals surface area contributed by atoms with E-state index in [4.69, 9.17) is 5.73 Å². The van der Waals surface area contributed by atoms with Crippen molar-refractivity contribution in [1.82, 2.24) is 0 Å². The van der Waals surface area contributed by atoms with Gasteiger partial charge in [0.05, 0.1) is 5.56 Å². The molecule has 3 N–H and O–H groups in total. The van der Waals surface area contributed by atoms with Crippen LogP contribution < -0.4 is 11.1 Å². The number of nitrogen functional groups attached to an aromatic ring is 1. The molecule has 2 aromatic rings. The van der Waals surface area contributed by atoms with Crippen molar-refractivity contribution in [3.05, 3.63) is 58.9 Å². The van der Waals surface area contributed by atoms with Gasteiger partial charge < -0.3 is 11.1 Å². The fraction of sp³-hybridized carbons (Fsp3) is 0.133. The topological polar surface area (TPSA) is 55.1 Å². The number of hydrogen-bond donors (Lipinski definition) is 2.